The summed E-state index contributed by atoms with van der Waals surface area (Å²) in [4.78, 5) is 0. The predicted molar refractivity (Wildman–Crippen MR) is 52.9 cm³/mol. The van der Waals surface area contributed by atoms with Crippen molar-refractivity contribution in [3.05, 3.63) is 30.7 Å². The summed E-state index contributed by atoms with van der Waals surface area (Å²) in [5.74, 6) is 0.723. The highest BCUT2D eigenvalue weighted by Crippen LogP contribution is 2.26. The third-order valence-electron chi connectivity index (χ3n) is 1.93. The van der Waals surface area contributed by atoms with Crippen LogP contribution in [0.5, 0.6) is 5.75 Å². The first-order valence-corrected chi connectivity index (χ1v) is 4.14. The molecule has 4 heteroatoms. The highest BCUT2D eigenvalue weighted by Gasteiger charge is 2.03. The lowest BCUT2D eigenvalue weighted by molar-refractivity contribution is 0.415. The van der Waals surface area contributed by atoms with Crippen LogP contribution in [0.4, 0.5) is 5.69 Å². The van der Waals surface area contributed by atoms with E-state index in [0.717, 1.165) is 16.9 Å². The molecule has 2 N–H and O–H groups in total. The van der Waals surface area contributed by atoms with Crippen molar-refractivity contribution in [3.63, 3.8) is 0 Å². The van der Waals surface area contributed by atoms with E-state index in [1.54, 1.807) is 25.6 Å². The lowest BCUT2D eigenvalue weighted by Gasteiger charge is -2.04. The summed E-state index contributed by atoms with van der Waals surface area (Å²) in [6, 6.07) is 5.48. The van der Waals surface area contributed by atoms with Crippen molar-refractivity contribution in [2.45, 2.75) is 0 Å². The van der Waals surface area contributed by atoms with E-state index >= 15 is 0 Å². The van der Waals surface area contributed by atoms with Gasteiger partial charge in [-0.15, -0.1) is 0 Å². The molecular formula is C10H10N2O2. The molecule has 2 rings (SSSR count). The van der Waals surface area contributed by atoms with Gasteiger partial charge in [0.1, 0.15) is 12.0 Å². The van der Waals surface area contributed by atoms with E-state index in [0.29, 0.717) is 5.69 Å². The molecule has 0 unspecified atom stereocenters. The van der Waals surface area contributed by atoms with Crippen LogP contribution in [0, 0.1) is 0 Å². The van der Waals surface area contributed by atoms with Gasteiger partial charge in [-0.25, -0.2) is 0 Å². The van der Waals surface area contributed by atoms with Crippen molar-refractivity contribution < 1.29 is 9.26 Å². The highest BCUT2D eigenvalue weighted by atomic mass is 16.5. The molecule has 0 aliphatic rings. The molecule has 2 aromatic rings. The number of benzene rings is 1. The fourth-order valence-corrected chi connectivity index (χ4v) is 1.25. The summed E-state index contributed by atoms with van der Waals surface area (Å²) < 4.78 is 9.85. The Balaban J connectivity index is 2.48. The number of rotatable bonds is 2. The topological polar surface area (TPSA) is 61.3 Å². The first kappa shape index (κ1) is 8.62. The minimum Gasteiger partial charge on any atom is -0.497 e. The maximum atomic E-state index is 5.71. The third kappa shape index (κ3) is 1.54. The SMILES string of the molecule is COc1cc(N)cc(-c2cnoc2)c1. The number of nitrogens with two attached hydrogens (primary N) is 1. The molecule has 0 bridgehead atoms. The summed E-state index contributed by atoms with van der Waals surface area (Å²) in [6.45, 7) is 0. The van der Waals surface area contributed by atoms with Gasteiger partial charge < -0.3 is 15.0 Å². The molecule has 0 saturated heterocycles. The first-order chi connectivity index (χ1) is 6.79. The summed E-state index contributed by atoms with van der Waals surface area (Å²) in [7, 11) is 1.60. The van der Waals surface area contributed by atoms with Crippen LogP contribution in [-0.4, -0.2) is 12.3 Å². The predicted octanol–water partition coefficient (Wildman–Crippen LogP) is 1.93. The Kier molecular flexibility index (Phi) is 2.10. The van der Waals surface area contributed by atoms with E-state index in [9.17, 15) is 0 Å². The molecule has 72 valence electrons. The third-order valence-corrected chi connectivity index (χ3v) is 1.93. The van der Waals surface area contributed by atoms with Gasteiger partial charge in [0.25, 0.3) is 0 Å². The minimum atomic E-state index is 0.653. The number of methoxy groups -OCH3 is 1. The van der Waals surface area contributed by atoms with Crippen LogP contribution in [-0.2, 0) is 0 Å². The Labute approximate surface area is 81.3 Å². The largest absolute Gasteiger partial charge is 0.497 e. The maximum Gasteiger partial charge on any atom is 0.131 e. The van der Waals surface area contributed by atoms with Gasteiger partial charge in [-0.2, -0.15) is 0 Å². The molecule has 0 aliphatic carbocycles. The molecule has 0 amide bonds. The lowest BCUT2D eigenvalue weighted by Crippen LogP contribution is -1.89. The van der Waals surface area contributed by atoms with Gasteiger partial charge in [0.15, 0.2) is 0 Å². The van der Waals surface area contributed by atoms with E-state index in [-0.39, 0.29) is 0 Å². The number of hydrogen-bond donors (Lipinski definition) is 1. The van der Waals surface area contributed by atoms with Gasteiger partial charge in [0, 0.05) is 17.3 Å². The average Bonchev–Trinajstić information content (AvgIpc) is 2.69. The van der Waals surface area contributed by atoms with Gasteiger partial charge in [-0.05, 0) is 17.7 Å². The Morgan fingerprint density at radius 3 is 2.79 bits per heavy atom. The molecule has 4 nitrogen and oxygen atoms in total. The summed E-state index contributed by atoms with van der Waals surface area (Å²) in [5, 5.41) is 3.63. The van der Waals surface area contributed by atoms with Crippen LogP contribution in [0.3, 0.4) is 0 Å². The Morgan fingerprint density at radius 1 is 1.29 bits per heavy atom. The van der Waals surface area contributed by atoms with Crippen LogP contribution >= 0.6 is 0 Å². The number of aromatic nitrogens is 1. The standard InChI is InChI=1S/C10H10N2O2/c1-13-10-3-7(2-9(11)4-10)8-5-12-14-6-8/h2-6H,11H2,1H3. The zero-order valence-corrected chi connectivity index (χ0v) is 7.73. The van der Waals surface area contributed by atoms with Crippen LogP contribution in [0.1, 0.15) is 0 Å². The summed E-state index contributed by atoms with van der Waals surface area (Å²) in [6.07, 6.45) is 3.20. The van der Waals surface area contributed by atoms with E-state index in [2.05, 4.69) is 5.16 Å². The molecule has 14 heavy (non-hydrogen) atoms. The zero-order valence-electron chi connectivity index (χ0n) is 7.73. The van der Waals surface area contributed by atoms with Crippen LogP contribution in [0.25, 0.3) is 11.1 Å². The highest BCUT2D eigenvalue weighted by molar-refractivity contribution is 5.68. The van der Waals surface area contributed by atoms with Crippen molar-refractivity contribution in [2.24, 2.45) is 0 Å². The fourth-order valence-electron chi connectivity index (χ4n) is 1.25. The van der Waals surface area contributed by atoms with E-state index in [1.807, 2.05) is 12.1 Å². The van der Waals surface area contributed by atoms with Gasteiger partial charge in [0.2, 0.25) is 0 Å². The van der Waals surface area contributed by atoms with Gasteiger partial charge >= 0.3 is 0 Å². The van der Waals surface area contributed by atoms with E-state index in [1.165, 1.54) is 0 Å². The second kappa shape index (κ2) is 3.41. The average molecular weight is 190 g/mol. The van der Waals surface area contributed by atoms with E-state index < -0.39 is 0 Å². The number of nitrogens with zero attached hydrogens (tertiary/aromatic N) is 1. The second-order valence-electron chi connectivity index (χ2n) is 2.91. The monoisotopic (exact) mass is 190 g/mol. The molecule has 1 heterocycles. The lowest BCUT2D eigenvalue weighted by atomic mass is 10.1. The van der Waals surface area contributed by atoms with Gasteiger partial charge in [0.05, 0.1) is 13.3 Å². The smallest absolute Gasteiger partial charge is 0.131 e. The number of nitrogen functional groups attached to an aromatic ring is 1. The molecule has 0 atom stereocenters. The van der Waals surface area contributed by atoms with Crippen LogP contribution < -0.4 is 10.5 Å². The molecule has 1 aromatic heterocycles. The molecule has 0 saturated carbocycles. The quantitative estimate of drug-likeness (QED) is 0.735. The molecule has 0 spiro atoms. The Morgan fingerprint density at radius 2 is 2.14 bits per heavy atom. The molecule has 0 fully saturated rings. The van der Waals surface area contributed by atoms with Crippen LogP contribution in [0.2, 0.25) is 0 Å². The second-order valence-corrected chi connectivity index (χ2v) is 2.91. The van der Waals surface area contributed by atoms with Crippen molar-refractivity contribution in [1.82, 2.24) is 5.16 Å². The van der Waals surface area contributed by atoms with Crippen LogP contribution in [0.15, 0.2) is 35.2 Å². The van der Waals surface area contributed by atoms with Gasteiger partial charge in [-0.3, -0.25) is 0 Å². The van der Waals surface area contributed by atoms with Crippen molar-refractivity contribution in [1.29, 1.82) is 0 Å². The molecular weight excluding hydrogens is 180 g/mol. The van der Waals surface area contributed by atoms with Crippen molar-refractivity contribution in [3.8, 4) is 16.9 Å². The first-order valence-electron chi connectivity index (χ1n) is 4.14. The molecule has 0 aliphatic heterocycles. The molecule has 1 aromatic carbocycles. The minimum absolute atomic E-state index is 0.653. The van der Waals surface area contributed by atoms with E-state index in [4.69, 9.17) is 15.0 Å². The van der Waals surface area contributed by atoms with Crippen molar-refractivity contribution >= 4 is 5.69 Å². The zero-order chi connectivity index (χ0) is 9.97. The summed E-state index contributed by atoms with van der Waals surface area (Å²) in [5.41, 5.74) is 8.18. The molecule has 0 radical (unpaired) electrons. The van der Waals surface area contributed by atoms with Gasteiger partial charge in [-0.1, -0.05) is 5.16 Å². The number of anilines is 1. The number of hydrogen-bond acceptors (Lipinski definition) is 4. The Hall–Kier alpha value is -1.97. The maximum absolute atomic E-state index is 5.71. The fraction of sp³-hybridized carbons (Fsp3) is 0.100. The normalized spacial score (nSPS) is 10.1. The van der Waals surface area contributed by atoms with Crippen molar-refractivity contribution in [2.75, 3.05) is 12.8 Å². The summed E-state index contributed by atoms with van der Waals surface area (Å²) >= 11 is 0. The number of ether oxygens (including phenoxy) is 1. The Bertz CT molecular complexity index is 424.